The van der Waals surface area contributed by atoms with Crippen LogP contribution in [0.25, 0.3) is 0 Å². The van der Waals surface area contributed by atoms with Crippen LogP contribution in [0.3, 0.4) is 0 Å². The van der Waals surface area contributed by atoms with Crippen LogP contribution in [0, 0.1) is 11.8 Å². The summed E-state index contributed by atoms with van der Waals surface area (Å²) >= 11 is 0. The van der Waals surface area contributed by atoms with E-state index in [4.69, 9.17) is 5.73 Å². The Labute approximate surface area is 151 Å². The van der Waals surface area contributed by atoms with Gasteiger partial charge in [0, 0.05) is 44.7 Å². The van der Waals surface area contributed by atoms with Crippen molar-refractivity contribution in [3.63, 3.8) is 0 Å². The van der Waals surface area contributed by atoms with E-state index >= 15 is 0 Å². The van der Waals surface area contributed by atoms with Gasteiger partial charge in [0.2, 0.25) is 11.8 Å². The summed E-state index contributed by atoms with van der Waals surface area (Å²) in [4.78, 5) is 31.7. The molecule has 2 N–H and O–H groups in total. The third-order valence-electron chi connectivity index (χ3n) is 6.41. The van der Waals surface area contributed by atoms with Crippen molar-refractivity contribution in [1.29, 1.82) is 0 Å². The maximum atomic E-state index is 12.9. The van der Waals surface area contributed by atoms with Gasteiger partial charge in [-0.25, -0.2) is 0 Å². The zero-order valence-corrected chi connectivity index (χ0v) is 15.8. The topological polar surface area (TPSA) is 69.9 Å². The lowest BCUT2D eigenvalue weighted by molar-refractivity contribution is -0.137. The van der Waals surface area contributed by atoms with Crippen LogP contribution in [0.5, 0.6) is 0 Å². The van der Waals surface area contributed by atoms with Gasteiger partial charge in [-0.05, 0) is 51.6 Å². The number of nitrogens with zero attached hydrogens (tertiary/aromatic N) is 3. The first-order valence-corrected chi connectivity index (χ1v) is 10.1. The monoisotopic (exact) mass is 350 g/mol. The molecule has 142 valence electrons. The van der Waals surface area contributed by atoms with Gasteiger partial charge in [-0.15, -0.1) is 0 Å². The largest absolute Gasteiger partial charge is 0.342 e. The van der Waals surface area contributed by atoms with Crippen LogP contribution in [0.4, 0.5) is 0 Å². The van der Waals surface area contributed by atoms with Gasteiger partial charge >= 0.3 is 0 Å². The molecule has 4 atom stereocenters. The number of hydrogen-bond donors (Lipinski definition) is 1. The molecule has 0 bridgehead atoms. The molecule has 3 saturated heterocycles. The van der Waals surface area contributed by atoms with Crippen molar-refractivity contribution < 1.29 is 9.59 Å². The van der Waals surface area contributed by atoms with Crippen molar-refractivity contribution in [3.8, 4) is 0 Å². The van der Waals surface area contributed by atoms with Crippen LogP contribution in [0.1, 0.15) is 46.0 Å². The Hall–Kier alpha value is -1.14. The molecule has 2 amide bonds. The number of carbonyl (C=O) groups is 2. The molecule has 0 spiro atoms. The number of carbonyl (C=O) groups excluding carboxylic acids is 2. The summed E-state index contributed by atoms with van der Waals surface area (Å²) < 4.78 is 0. The Morgan fingerprint density at radius 2 is 2.00 bits per heavy atom. The van der Waals surface area contributed by atoms with Crippen LogP contribution < -0.4 is 5.73 Å². The Morgan fingerprint density at radius 3 is 2.72 bits per heavy atom. The first kappa shape index (κ1) is 18.6. The molecule has 3 rings (SSSR count). The predicted octanol–water partition coefficient (Wildman–Crippen LogP) is 0.905. The van der Waals surface area contributed by atoms with Crippen LogP contribution >= 0.6 is 0 Å². The third-order valence-corrected chi connectivity index (χ3v) is 6.41. The van der Waals surface area contributed by atoms with Gasteiger partial charge in [0.25, 0.3) is 0 Å². The number of nitrogens with two attached hydrogens (primary N) is 1. The quantitative estimate of drug-likeness (QED) is 0.800. The van der Waals surface area contributed by atoms with Gasteiger partial charge < -0.3 is 15.5 Å². The van der Waals surface area contributed by atoms with Crippen molar-refractivity contribution in [2.45, 2.75) is 58.0 Å². The fraction of sp³-hybridized carbons (Fsp3) is 0.895. The van der Waals surface area contributed by atoms with Gasteiger partial charge in [-0.2, -0.15) is 0 Å². The minimum absolute atomic E-state index is 0.125. The molecule has 0 aromatic heterocycles. The van der Waals surface area contributed by atoms with E-state index in [0.29, 0.717) is 24.9 Å². The number of piperidine rings is 1. The maximum Gasteiger partial charge on any atom is 0.228 e. The molecule has 3 aliphatic heterocycles. The lowest BCUT2D eigenvalue weighted by Crippen LogP contribution is -2.47. The first-order chi connectivity index (χ1) is 12.0. The van der Waals surface area contributed by atoms with Crippen molar-refractivity contribution in [1.82, 2.24) is 14.7 Å². The van der Waals surface area contributed by atoms with Crippen molar-refractivity contribution in [3.05, 3.63) is 0 Å². The fourth-order valence-corrected chi connectivity index (χ4v) is 4.78. The van der Waals surface area contributed by atoms with Crippen LogP contribution in [0.2, 0.25) is 0 Å². The van der Waals surface area contributed by atoms with E-state index in [1.165, 1.54) is 12.8 Å². The molecule has 0 saturated carbocycles. The van der Waals surface area contributed by atoms with Gasteiger partial charge in [0.05, 0.1) is 5.92 Å². The Kier molecular flexibility index (Phi) is 6.00. The molecule has 3 aliphatic rings. The van der Waals surface area contributed by atoms with Crippen molar-refractivity contribution >= 4 is 11.8 Å². The van der Waals surface area contributed by atoms with E-state index in [2.05, 4.69) is 11.8 Å². The lowest BCUT2D eigenvalue weighted by atomic mass is 9.91. The molecule has 0 aliphatic carbocycles. The summed E-state index contributed by atoms with van der Waals surface area (Å²) in [5.74, 6) is 0.556. The number of likely N-dealkylation sites (tertiary alicyclic amines) is 3. The Balaban J connectivity index is 1.55. The summed E-state index contributed by atoms with van der Waals surface area (Å²) in [6.07, 6.45) is 4.90. The van der Waals surface area contributed by atoms with Gasteiger partial charge in [0.15, 0.2) is 0 Å². The van der Waals surface area contributed by atoms with Crippen LogP contribution in [-0.2, 0) is 9.59 Å². The molecular formula is C19H34N4O2. The lowest BCUT2D eigenvalue weighted by Gasteiger charge is -2.36. The molecule has 4 unspecified atom stereocenters. The molecule has 6 nitrogen and oxygen atoms in total. The minimum atomic E-state index is -0.157. The molecular weight excluding hydrogens is 316 g/mol. The average Bonchev–Trinajstić information content (AvgIpc) is 3.21. The Morgan fingerprint density at radius 1 is 1.24 bits per heavy atom. The predicted molar refractivity (Wildman–Crippen MR) is 97.9 cm³/mol. The molecule has 0 aromatic rings. The average molecular weight is 351 g/mol. The zero-order chi connectivity index (χ0) is 18.0. The highest BCUT2D eigenvalue weighted by atomic mass is 16.2. The van der Waals surface area contributed by atoms with Crippen molar-refractivity contribution in [2.75, 3.05) is 39.3 Å². The normalized spacial score (nSPS) is 32.4. The van der Waals surface area contributed by atoms with Gasteiger partial charge in [-0.1, -0.05) is 6.92 Å². The van der Waals surface area contributed by atoms with E-state index in [0.717, 1.165) is 45.6 Å². The van der Waals surface area contributed by atoms with Gasteiger partial charge in [-0.3, -0.25) is 14.5 Å². The second-order valence-corrected chi connectivity index (χ2v) is 8.17. The minimum Gasteiger partial charge on any atom is -0.342 e. The van der Waals surface area contributed by atoms with Gasteiger partial charge in [0.1, 0.15) is 0 Å². The van der Waals surface area contributed by atoms with Crippen LogP contribution in [-0.4, -0.2) is 77.9 Å². The smallest absolute Gasteiger partial charge is 0.228 e. The van der Waals surface area contributed by atoms with Crippen LogP contribution in [0.15, 0.2) is 0 Å². The summed E-state index contributed by atoms with van der Waals surface area (Å²) in [6.45, 7) is 9.36. The van der Waals surface area contributed by atoms with E-state index in [9.17, 15) is 9.59 Å². The van der Waals surface area contributed by atoms with E-state index in [1.807, 2.05) is 16.7 Å². The number of likely N-dealkylation sites (N-methyl/N-ethyl adjacent to an activating group) is 1. The second-order valence-electron chi connectivity index (χ2n) is 8.17. The standard InChI is InChI=1S/C19H34N4O2/c1-3-21-8-5-7-17(21)13-23-12-16(10-18(23)24)19(25)22-9-4-6-15(11-22)14(2)20/h14-17H,3-13,20H2,1-2H3. The first-order valence-electron chi connectivity index (χ1n) is 10.1. The summed E-state index contributed by atoms with van der Waals surface area (Å²) in [6, 6.07) is 0.597. The molecule has 0 radical (unpaired) electrons. The third kappa shape index (κ3) is 4.17. The van der Waals surface area contributed by atoms with E-state index in [-0.39, 0.29) is 23.8 Å². The molecule has 3 fully saturated rings. The zero-order valence-electron chi connectivity index (χ0n) is 15.8. The van der Waals surface area contributed by atoms with E-state index < -0.39 is 0 Å². The second kappa shape index (κ2) is 8.04. The molecule has 6 heteroatoms. The molecule has 25 heavy (non-hydrogen) atoms. The van der Waals surface area contributed by atoms with E-state index in [1.54, 1.807) is 0 Å². The number of hydrogen-bond acceptors (Lipinski definition) is 4. The highest BCUT2D eigenvalue weighted by Gasteiger charge is 2.39. The highest BCUT2D eigenvalue weighted by Crippen LogP contribution is 2.26. The maximum absolute atomic E-state index is 12.9. The number of rotatable bonds is 5. The highest BCUT2D eigenvalue weighted by molar-refractivity contribution is 5.89. The summed E-state index contributed by atoms with van der Waals surface area (Å²) in [5, 5.41) is 0. The van der Waals surface area contributed by atoms with Crippen molar-refractivity contribution in [2.24, 2.45) is 17.6 Å². The Bertz CT molecular complexity index is 496. The fourth-order valence-electron chi connectivity index (χ4n) is 4.78. The summed E-state index contributed by atoms with van der Waals surface area (Å²) in [5.41, 5.74) is 6.04. The molecule has 3 heterocycles. The SMILES string of the molecule is CCN1CCCC1CN1CC(C(=O)N2CCCC(C(C)N)C2)CC1=O. The molecule has 0 aromatic carbocycles. The number of amides is 2. The summed E-state index contributed by atoms with van der Waals surface area (Å²) in [7, 11) is 0.